The second-order valence-electron chi connectivity index (χ2n) is 11.2. The molecule has 2 fully saturated rings. The third kappa shape index (κ3) is 7.62. The molecule has 1 aromatic heterocycles. The van der Waals surface area contributed by atoms with E-state index in [4.69, 9.17) is 16.6 Å². The maximum atomic E-state index is 13.0. The van der Waals surface area contributed by atoms with Crippen LogP contribution >= 0.6 is 27.5 Å². The number of carbonyl (C=O) groups excluding carboxylic acids is 2. The van der Waals surface area contributed by atoms with Crippen LogP contribution in [0.1, 0.15) is 81.3 Å². The molecule has 212 valence electrons. The van der Waals surface area contributed by atoms with Gasteiger partial charge in [0.25, 0.3) is 0 Å². The maximum absolute atomic E-state index is 13.0. The molecule has 1 aromatic carbocycles. The minimum atomic E-state index is 0.0476. The highest BCUT2D eigenvalue weighted by Crippen LogP contribution is 2.39. The summed E-state index contributed by atoms with van der Waals surface area (Å²) in [4.78, 5) is 33.8. The predicted octanol–water partition coefficient (Wildman–Crippen LogP) is 6.19. The van der Waals surface area contributed by atoms with Gasteiger partial charge in [-0.3, -0.25) is 19.5 Å². The molecule has 2 saturated heterocycles. The molecule has 0 bridgehead atoms. The van der Waals surface area contributed by atoms with E-state index in [-0.39, 0.29) is 23.8 Å². The summed E-state index contributed by atoms with van der Waals surface area (Å²) in [5.74, 6) is 0.834. The molecule has 2 aromatic rings. The number of pyridine rings is 1. The molecule has 1 aliphatic carbocycles. The highest BCUT2D eigenvalue weighted by atomic mass is 79.9. The Morgan fingerprint density at radius 1 is 1.03 bits per heavy atom. The van der Waals surface area contributed by atoms with Crippen LogP contribution in [-0.4, -0.2) is 59.3 Å². The van der Waals surface area contributed by atoms with Crippen molar-refractivity contribution in [1.29, 1.82) is 0 Å². The number of fused-ring (bicyclic) bond motifs is 2. The second-order valence-corrected chi connectivity index (χ2v) is 12.5. The Labute approximate surface area is 247 Å². The Balaban J connectivity index is 0.00000112. The summed E-state index contributed by atoms with van der Waals surface area (Å²) in [7, 11) is 0. The third-order valence-corrected chi connectivity index (χ3v) is 8.85. The van der Waals surface area contributed by atoms with E-state index in [0.717, 1.165) is 79.9 Å². The van der Waals surface area contributed by atoms with Gasteiger partial charge in [0.1, 0.15) is 0 Å². The van der Waals surface area contributed by atoms with Crippen molar-refractivity contribution in [3.8, 4) is 0 Å². The number of rotatable bonds is 4. The number of likely N-dealkylation sites (tertiary alicyclic amines) is 2. The minimum Gasteiger partial charge on any atom is -0.356 e. The van der Waals surface area contributed by atoms with Gasteiger partial charge in [-0.05, 0) is 108 Å². The first-order chi connectivity index (χ1) is 18.8. The molecule has 8 heteroatoms. The Morgan fingerprint density at radius 2 is 1.69 bits per heavy atom. The van der Waals surface area contributed by atoms with Crippen LogP contribution in [0.3, 0.4) is 0 Å². The van der Waals surface area contributed by atoms with Crippen LogP contribution in [0, 0.1) is 11.8 Å². The van der Waals surface area contributed by atoms with Gasteiger partial charge < -0.3 is 10.2 Å². The number of benzene rings is 1. The van der Waals surface area contributed by atoms with Crippen molar-refractivity contribution < 1.29 is 9.59 Å². The van der Waals surface area contributed by atoms with Gasteiger partial charge in [0.2, 0.25) is 11.8 Å². The Morgan fingerprint density at radius 3 is 2.36 bits per heavy atom. The van der Waals surface area contributed by atoms with Crippen molar-refractivity contribution in [3.05, 3.63) is 62.3 Å². The van der Waals surface area contributed by atoms with E-state index < -0.39 is 0 Å². The molecule has 3 heterocycles. The summed E-state index contributed by atoms with van der Waals surface area (Å²) in [6.07, 6.45) is 8.66. The van der Waals surface area contributed by atoms with E-state index in [1.54, 1.807) is 6.92 Å². The van der Waals surface area contributed by atoms with E-state index in [2.05, 4.69) is 58.2 Å². The Hall–Kier alpha value is -1.96. The zero-order chi connectivity index (χ0) is 27.9. The molecule has 5 rings (SSSR count). The first-order valence-corrected chi connectivity index (χ1v) is 15.7. The lowest BCUT2D eigenvalue weighted by atomic mass is 9.90. The first-order valence-electron chi connectivity index (χ1n) is 14.5. The van der Waals surface area contributed by atoms with Crippen LogP contribution in [0.2, 0.25) is 5.02 Å². The standard InChI is InChI=1S/C28H34BrClN4O2.C3H8/c1-18(35)33-10-6-19(7-11-33)16-32-28(36)20-8-12-34(13-9-20)27-25-5-4-24(30)15-21(25)2-3-22-14-23(29)17-31-26(22)27;1-3-2/h4-5,14-15,17,19-20,27H,2-3,6-13,16H2,1H3,(H,32,36);3H2,1-2H3. The van der Waals surface area contributed by atoms with Gasteiger partial charge in [-0.15, -0.1) is 0 Å². The molecule has 1 unspecified atom stereocenters. The number of amides is 2. The van der Waals surface area contributed by atoms with E-state index in [1.165, 1.54) is 23.1 Å². The minimum absolute atomic E-state index is 0.0476. The summed E-state index contributed by atoms with van der Waals surface area (Å²) < 4.78 is 1.01. The SMILES string of the molecule is CC(=O)N1CCC(CNC(=O)C2CCN(C3c4ccc(Cl)cc4CCc4cc(Br)cnc43)CC2)CC1.CCC. The predicted molar refractivity (Wildman–Crippen MR) is 161 cm³/mol. The molecule has 6 nitrogen and oxygen atoms in total. The van der Waals surface area contributed by atoms with Crippen molar-refractivity contribution >= 4 is 39.3 Å². The van der Waals surface area contributed by atoms with Crippen molar-refractivity contribution in [2.45, 2.75) is 71.8 Å². The van der Waals surface area contributed by atoms with Gasteiger partial charge in [-0.2, -0.15) is 0 Å². The lowest BCUT2D eigenvalue weighted by Gasteiger charge is -2.38. The van der Waals surface area contributed by atoms with Gasteiger partial charge >= 0.3 is 0 Å². The average Bonchev–Trinajstić information content (AvgIpc) is 3.08. The molecular formula is C31H42BrClN4O2. The largest absolute Gasteiger partial charge is 0.356 e. The summed E-state index contributed by atoms with van der Waals surface area (Å²) in [6, 6.07) is 8.53. The number of carbonyl (C=O) groups is 2. The van der Waals surface area contributed by atoms with Gasteiger partial charge in [0, 0.05) is 48.2 Å². The lowest BCUT2D eigenvalue weighted by molar-refractivity contribution is -0.131. The third-order valence-electron chi connectivity index (χ3n) is 8.18. The van der Waals surface area contributed by atoms with Crippen molar-refractivity contribution in [2.24, 2.45) is 11.8 Å². The molecule has 0 spiro atoms. The number of hydrogen-bond acceptors (Lipinski definition) is 4. The maximum Gasteiger partial charge on any atom is 0.223 e. The number of aromatic nitrogens is 1. The number of nitrogens with one attached hydrogen (secondary N) is 1. The zero-order valence-corrected chi connectivity index (χ0v) is 25.9. The van der Waals surface area contributed by atoms with Gasteiger partial charge in [0.05, 0.1) is 11.7 Å². The zero-order valence-electron chi connectivity index (χ0n) is 23.5. The van der Waals surface area contributed by atoms with Crippen molar-refractivity contribution in [1.82, 2.24) is 20.1 Å². The first kappa shape index (κ1) is 30.0. The Bertz CT molecular complexity index is 1090. The van der Waals surface area contributed by atoms with Crippen LogP contribution in [0.15, 0.2) is 34.9 Å². The number of aryl methyl sites for hydroxylation is 2. The normalized spacial score (nSPS) is 20.2. The van der Waals surface area contributed by atoms with Crippen LogP contribution < -0.4 is 5.32 Å². The number of nitrogens with zero attached hydrogens (tertiary/aromatic N) is 3. The van der Waals surface area contributed by atoms with Crippen LogP contribution in [0.4, 0.5) is 0 Å². The highest BCUT2D eigenvalue weighted by Gasteiger charge is 2.34. The van der Waals surface area contributed by atoms with Crippen LogP contribution in [0.5, 0.6) is 0 Å². The summed E-state index contributed by atoms with van der Waals surface area (Å²) >= 11 is 9.96. The van der Waals surface area contributed by atoms with Crippen molar-refractivity contribution in [3.63, 3.8) is 0 Å². The summed E-state index contributed by atoms with van der Waals surface area (Å²) in [5, 5.41) is 3.99. The molecular weight excluding hydrogens is 576 g/mol. The molecule has 1 atom stereocenters. The van der Waals surface area contributed by atoms with E-state index >= 15 is 0 Å². The molecule has 1 N–H and O–H groups in total. The number of hydrogen-bond donors (Lipinski definition) is 1. The van der Waals surface area contributed by atoms with E-state index in [0.29, 0.717) is 12.5 Å². The molecule has 39 heavy (non-hydrogen) atoms. The van der Waals surface area contributed by atoms with Gasteiger partial charge in [-0.1, -0.05) is 37.9 Å². The van der Waals surface area contributed by atoms with E-state index in [9.17, 15) is 9.59 Å². The van der Waals surface area contributed by atoms with Gasteiger partial charge in [-0.25, -0.2) is 0 Å². The fourth-order valence-corrected chi connectivity index (χ4v) is 6.62. The highest BCUT2D eigenvalue weighted by molar-refractivity contribution is 9.10. The number of piperidine rings is 2. The summed E-state index contributed by atoms with van der Waals surface area (Å²) in [5.41, 5.74) is 4.97. The molecule has 2 aliphatic heterocycles. The molecule has 2 amide bonds. The topological polar surface area (TPSA) is 65.5 Å². The fraction of sp³-hybridized carbons (Fsp3) is 0.581. The van der Waals surface area contributed by atoms with Gasteiger partial charge in [0.15, 0.2) is 0 Å². The average molecular weight is 618 g/mol. The van der Waals surface area contributed by atoms with Crippen LogP contribution in [0.25, 0.3) is 0 Å². The fourth-order valence-electron chi connectivity index (χ4n) is 6.04. The Kier molecular flexibility index (Phi) is 10.8. The summed E-state index contributed by atoms with van der Waals surface area (Å²) in [6.45, 7) is 9.92. The van der Waals surface area contributed by atoms with Crippen LogP contribution in [-0.2, 0) is 22.4 Å². The van der Waals surface area contributed by atoms with E-state index in [1.807, 2.05) is 17.2 Å². The molecule has 0 saturated carbocycles. The lowest BCUT2D eigenvalue weighted by Crippen LogP contribution is -2.44. The second kappa shape index (κ2) is 14.1. The molecule has 3 aliphatic rings. The smallest absolute Gasteiger partial charge is 0.223 e. The quantitative estimate of drug-likeness (QED) is 0.445. The van der Waals surface area contributed by atoms with Crippen molar-refractivity contribution in [2.75, 3.05) is 32.7 Å². The molecule has 0 radical (unpaired) electrons. The number of halogens is 2. The monoisotopic (exact) mass is 616 g/mol.